The van der Waals surface area contributed by atoms with E-state index in [0.717, 1.165) is 23.3 Å². The first-order chi connectivity index (χ1) is 14.8. The number of hydrogen-bond acceptors (Lipinski definition) is 5. The Hall–Kier alpha value is -3.17. The zero-order valence-electron chi connectivity index (χ0n) is 16.8. The molecule has 1 aliphatic rings. The van der Waals surface area contributed by atoms with Gasteiger partial charge in [0.1, 0.15) is 0 Å². The number of rotatable bonds is 2. The van der Waals surface area contributed by atoms with Crippen molar-refractivity contribution >= 4 is 46.1 Å². The van der Waals surface area contributed by atoms with Crippen LogP contribution < -0.4 is 10.2 Å². The third kappa shape index (κ3) is 3.39. The molecule has 31 heavy (non-hydrogen) atoms. The number of nitrogens with zero attached hydrogens (tertiary/aromatic N) is 7. The molecule has 0 fully saturated rings. The Morgan fingerprint density at radius 1 is 1.16 bits per heavy atom. The second kappa shape index (κ2) is 7.21. The Morgan fingerprint density at radius 2 is 1.94 bits per heavy atom. The van der Waals surface area contributed by atoms with Crippen LogP contribution in [0.2, 0.25) is 10.2 Å². The Bertz CT molecular complexity index is 1300. The van der Waals surface area contributed by atoms with E-state index < -0.39 is 0 Å². The molecule has 158 valence electrons. The van der Waals surface area contributed by atoms with E-state index in [4.69, 9.17) is 23.2 Å². The van der Waals surface area contributed by atoms with Gasteiger partial charge < -0.3 is 5.32 Å². The summed E-state index contributed by atoms with van der Waals surface area (Å²) in [5, 5.41) is 16.1. The second-order valence-electron chi connectivity index (χ2n) is 7.93. The number of amides is 2. The van der Waals surface area contributed by atoms with Gasteiger partial charge in [0.15, 0.2) is 11.0 Å². The summed E-state index contributed by atoms with van der Waals surface area (Å²) in [6.45, 7) is 4.84. The summed E-state index contributed by atoms with van der Waals surface area (Å²) < 4.78 is 1.82. The van der Waals surface area contributed by atoms with Crippen LogP contribution in [0.1, 0.15) is 26.0 Å². The van der Waals surface area contributed by atoms with Gasteiger partial charge in [0.05, 0.1) is 46.2 Å². The van der Waals surface area contributed by atoms with Crippen LogP contribution in [0.25, 0.3) is 11.3 Å². The van der Waals surface area contributed by atoms with E-state index >= 15 is 0 Å². The Balaban J connectivity index is 1.47. The monoisotopic (exact) mass is 456 g/mol. The molecule has 0 saturated carbocycles. The smallest absolute Gasteiger partial charge is 0.306 e. The van der Waals surface area contributed by atoms with Crippen LogP contribution >= 0.6 is 23.2 Å². The summed E-state index contributed by atoms with van der Waals surface area (Å²) >= 11 is 12.5. The number of urea groups is 1. The van der Waals surface area contributed by atoms with E-state index in [1.165, 1.54) is 23.4 Å². The van der Waals surface area contributed by atoms with Crippen LogP contribution in [0.15, 0.2) is 42.9 Å². The number of aromatic nitrogens is 6. The van der Waals surface area contributed by atoms with Crippen molar-refractivity contribution in [3.63, 3.8) is 0 Å². The summed E-state index contributed by atoms with van der Waals surface area (Å²) in [6, 6.07) is 6.99. The highest BCUT2D eigenvalue weighted by Crippen LogP contribution is 2.40. The molecule has 0 aliphatic carbocycles. The Morgan fingerprint density at radius 3 is 2.68 bits per heavy atom. The highest BCUT2D eigenvalue weighted by molar-refractivity contribution is 6.32. The SMILES string of the molecule is CC1(C)CCN(C(=O)Nc2cnc(-n3nccn3)c(Cl)c2)c2ccc3cc(Cl)nn3c21. The molecule has 1 aliphatic heterocycles. The van der Waals surface area contributed by atoms with Crippen molar-refractivity contribution < 1.29 is 4.79 Å². The van der Waals surface area contributed by atoms with Crippen LogP contribution in [-0.4, -0.2) is 42.2 Å². The predicted molar refractivity (Wildman–Crippen MR) is 118 cm³/mol. The van der Waals surface area contributed by atoms with Crippen molar-refractivity contribution in [2.75, 3.05) is 16.8 Å². The fourth-order valence-corrected chi connectivity index (χ4v) is 4.30. The maximum atomic E-state index is 13.2. The van der Waals surface area contributed by atoms with Crippen LogP contribution in [-0.2, 0) is 5.41 Å². The highest BCUT2D eigenvalue weighted by atomic mass is 35.5. The summed E-state index contributed by atoms with van der Waals surface area (Å²) in [4.78, 5) is 20.5. The second-order valence-corrected chi connectivity index (χ2v) is 8.73. The minimum absolute atomic E-state index is 0.176. The molecule has 9 nitrogen and oxygen atoms in total. The molecule has 0 aromatic carbocycles. The van der Waals surface area contributed by atoms with Gasteiger partial charge in [0.25, 0.3) is 0 Å². The van der Waals surface area contributed by atoms with Gasteiger partial charge in [0.2, 0.25) is 0 Å². The topological polar surface area (TPSA) is 93.2 Å². The average Bonchev–Trinajstić information content (AvgIpc) is 3.36. The van der Waals surface area contributed by atoms with Gasteiger partial charge in [-0.15, -0.1) is 4.80 Å². The zero-order chi connectivity index (χ0) is 21.8. The predicted octanol–water partition coefficient (Wildman–Crippen LogP) is 4.34. The van der Waals surface area contributed by atoms with E-state index in [9.17, 15) is 4.79 Å². The number of carbonyl (C=O) groups excluding carboxylic acids is 1. The summed E-state index contributed by atoms with van der Waals surface area (Å²) in [5.41, 5.74) is 2.91. The van der Waals surface area contributed by atoms with Crippen LogP contribution in [0.5, 0.6) is 0 Å². The van der Waals surface area contributed by atoms with Crippen molar-refractivity contribution in [2.24, 2.45) is 0 Å². The lowest BCUT2D eigenvalue weighted by Gasteiger charge is -2.38. The van der Waals surface area contributed by atoms with Crippen LogP contribution in [0, 0.1) is 0 Å². The number of pyridine rings is 2. The molecule has 4 aromatic heterocycles. The van der Waals surface area contributed by atoms with E-state index in [-0.39, 0.29) is 11.4 Å². The van der Waals surface area contributed by atoms with Crippen molar-refractivity contribution in [2.45, 2.75) is 25.7 Å². The summed E-state index contributed by atoms with van der Waals surface area (Å²) in [5.74, 6) is 0.382. The van der Waals surface area contributed by atoms with Gasteiger partial charge in [-0.3, -0.25) is 4.90 Å². The van der Waals surface area contributed by atoms with Gasteiger partial charge in [-0.2, -0.15) is 15.3 Å². The lowest BCUT2D eigenvalue weighted by molar-refractivity contribution is 0.255. The maximum absolute atomic E-state index is 13.2. The molecule has 0 bridgehead atoms. The normalized spacial score (nSPS) is 15.2. The number of hydrogen-bond donors (Lipinski definition) is 1. The molecule has 0 radical (unpaired) electrons. The number of anilines is 2. The van der Waals surface area contributed by atoms with Gasteiger partial charge >= 0.3 is 6.03 Å². The summed E-state index contributed by atoms with van der Waals surface area (Å²) in [7, 11) is 0. The lowest BCUT2D eigenvalue weighted by atomic mass is 9.81. The molecule has 0 saturated heterocycles. The first-order valence-electron chi connectivity index (χ1n) is 9.63. The van der Waals surface area contributed by atoms with Crippen molar-refractivity contribution in [3.05, 3.63) is 58.7 Å². The molecule has 11 heteroatoms. The van der Waals surface area contributed by atoms with Crippen molar-refractivity contribution in [1.29, 1.82) is 0 Å². The molecule has 4 aromatic rings. The Labute approximate surface area is 187 Å². The Kier molecular flexibility index (Phi) is 4.60. The number of nitrogens with one attached hydrogen (secondary N) is 1. The number of halogens is 2. The fraction of sp³-hybridized carbons (Fsp3) is 0.250. The first-order valence-corrected chi connectivity index (χ1v) is 10.4. The quantitative estimate of drug-likeness (QED) is 0.484. The molecule has 0 spiro atoms. The lowest BCUT2D eigenvalue weighted by Crippen LogP contribution is -2.44. The van der Waals surface area contributed by atoms with Gasteiger partial charge in [-0.25, -0.2) is 14.3 Å². The molecular formula is C20H18Cl2N8O. The van der Waals surface area contributed by atoms with Gasteiger partial charge in [0, 0.05) is 18.0 Å². The van der Waals surface area contributed by atoms with E-state index in [1.54, 1.807) is 17.0 Å². The molecule has 0 unspecified atom stereocenters. The average molecular weight is 457 g/mol. The van der Waals surface area contributed by atoms with E-state index in [2.05, 4.69) is 39.4 Å². The standard InChI is InChI=1S/C20H18Cl2N8O/c1-20(2)5-8-28(15-4-3-13-10-16(22)27-29(13)17(15)20)19(31)26-12-9-14(21)18(23-11-12)30-24-6-7-25-30/h3-4,6-7,9-11H,5,8H2,1-2H3,(H,26,31). The third-order valence-corrected chi connectivity index (χ3v) is 5.85. The van der Waals surface area contributed by atoms with E-state index in [1.807, 2.05) is 16.6 Å². The molecule has 1 N–H and O–H groups in total. The minimum atomic E-state index is -0.280. The largest absolute Gasteiger partial charge is 0.326 e. The zero-order valence-corrected chi connectivity index (χ0v) is 18.3. The molecule has 5 rings (SSSR count). The highest BCUT2D eigenvalue weighted by Gasteiger charge is 2.36. The third-order valence-electron chi connectivity index (χ3n) is 5.39. The fourth-order valence-electron chi connectivity index (χ4n) is 3.87. The number of fused-ring (bicyclic) bond motifs is 3. The molecule has 0 atom stereocenters. The maximum Gasteiger partial charge on any atom is 0.326 e. The van der Waals surface area contributed by atoms with Crippen LogP contribution in [0.4, 0.5) is 16.2 Å². The molecule has 5 heterocycles. The van der Waals surface area contributed by atoms with Crippen molar-refractivity contribution in [1.82, 2.24) is 29.6 Å². The van der Waals surface area contributed by atoms with Gasteiger partial charge in [-0.05, 0) is 24.6 Å². The summed E-state index contributed by atoms with van der Waals surface area (Å²) in [6.07, 6.45) is 5.36. The van der Waals surface area contributed by atoms with Crippen LogP contribution in [0.3, 0.4) is 0 Å². The van der Waals surface area contributed by atoms with Crippen molar-refractivity contribution in [3.8, 4) is 5.82 Å². The number of carbonyl (C=O) groups is 1. The first kappa shape index (κ1) is 19.8. The molecular weight excluding hydrogens is 439 g/mol. The molecule has 2 amide bonds. The van der Waals surface area contributed by atoms with E-state index in [0.29, 0.717) is 28.2 Å². The van der Waals surface area contributed by atoms with Gasteiger partial charge in [-0.1, -0.05) is 37.0 Å². The minimum Gasteiger partial charge on any atom is -0.306 e.